The average molecular weight is 443 g/mol. The molecule has 0 unspecified atom stereocenters. The van der Waals surface area contributed by atoms with Crippen molar-refractivity contribution in [1.82, 2.24) is 10.2 Å². The van der Waals surface area contributed by atoms with Crippen molar-refractivity contribution in [2.24, 2.45) is 0 Å². The molecule has 0 atom stereocenters. The topological polar surface area (TPSA) is 75.7 Å². The molecule has 0 aromatic heterocycles. The van der Waals surface area contributed by atoms with Crippen LogP contribution in [0.25, 0.3) is 6.08 Å². The normalized spacial score (nSPS) is 10.6. The molecule has 6 nitrogen and oxygen atoms in total. The summed E-state index contributed by atoms with van der Waals surface area (Å²) in [4.78, 5) is 38.3. The summed E-state index contributed by atoms with van der Waals surface area (Å²) < 4.78 is 4.60. The standard InChI is InChI=1S/C27H26N2O4/c1-33-25(30)17-16-22-12-14-23(15-13-22)20-29(19-18-21-8-4-2-5-9-21)27(32)28-26(31)24-10-6-3-7-11-24/h2-17H,18-20H2,1H3,(H,28,31,32)/b17-16+. The maximum absolute atomic E-state index is 13.0. The lowest BCUT2D eigenvalue weighted by Crippen LogP contribution is -2.43. The maximum atomic E-state index is 13.0. The second-order valence-electron chi connectivity index (χ2n) is 7.38. The largest absolute Gasteiger partial charge is 0.466 e. The van der Waals surface area contributed by atoms with Crippen molar-refractivity contribution in [1.29, 1.82) is 0 Å². The van der Waals surface area contributed by atoms with Gasteiger partial charge in [-0.1, -0.05) is 72.8 Å². The zero-order chi connectivity index (χ0) is 23.5. The molecule has 0 fully saturated rings. The molecule has 0 aliphatic heterocycles. The third-order valence-electron chi connectivity index (χ3n) is 5.02. The Morgan fingerprint density at radius 2 is 1.48 bits per heavy atom. The summed E-state index contributed by atoms with van der Waals surface area (Å²) in [7, 11) is 1.33. The van der Waals surface area contributed by atoms with E-state index in [0.29, 0.717) is 25.1 Å². The van der Waals surface area contributed by atoms with Gasteiger partial charge >= 0.3 is 12.0 Å². The molecule has 0 heterocycles. The number of carbonyl (C=O) groups excluding carboxylic acids is 3. The predicted octanol–water partition coefficient (Wildman–Crippen LogP) is 4.47. The SMILES string of the molecule is COC(=O)/C=C/c1ccc(CN(CCc2ccccc2)C(=O)NC(=O)c2ccccc2)cc1. The number of rotatable bonds is 8. The fourth-order valence-electron chi connectivity index (χ4n) is 3.19. The molecule has 0 radical (unpaired) electrons. The minimum Gasteiger partial charge on any atom is -0.466 e. The molecule has 0 saturated carbocycles. The van der Waals surface area contributed by atoms with Crippen LogP contribution in [0.3, 0.4) is 0 Å². The van der Waals surface area contributed by atoms with Crippen LogP contribution in [-0.2, 0) is 22.5 Å². The number of urea groups is 1. The van der Waals surface area contributed by atoms with Gasteiger partial charge < -0.3 is 9.64 Å². The highest BCUT2D eigenvalue weighted by molar-refractivity contribution is 6.04. The van der Waals surface area contributed by atoms with Crippen LogP contribution in [0.15, 0.2) is 91.0 Å². The van der Waals surface area contributed by atoms with E-state index in [1.165, 1.54) is 13.2 Å². The first kappa shape index (κ1) is 23.5. The third-order valence-corrected chi connectivity index (χ3v) is 5.02. The first-order valence-corrected chi connectivity index (χ1v) is 10.6. The number of hydrogen-bond donors (Lipinski definition) is 1. The number of ether oxygens (including phenoxy) is 1. The molecule has 168 valence electrons. The van der Waals surface area contributed by atoms with E-state index in [-0.39, 0.29) is 0 Å². The van der Waals surface area contributed by atoms with Crippen molar-refractivity contribution < 1.29 is 19.1 Å². The first-order chi connectivity index (χ1) is 16.0. The quantitative estimate of drug-likeness (QED) is 0.413. The van der Waals surface area contributed by atoms with E-state index in [0.717, 1.165) is 16.7 Å². The van der Waals surface area contributed by atoms with Crippen LogP contribution in [0.2, 0.25) is 0 Å². The van der Waals surface area contributed by atoms with Crippen molar-refractivity contribution in [2.45, 2.75) is 13.0 Å². The number of hydrogen-bond acceptors (Lipinski definition) is 4. The highest BCUT2D eigenvalue weighted by Crippen LogP contribution is 2.11. The van der Waals surface area contributed by atoms with Crippen LogP contribution in [-0.4, -0.2) is 36.5 Å². The highest BCUT2D eigenvalue weighted by atomic mass is 16.5. The molecule has 0 aliphatic rings. The fraction of sp³-hybridized carbons (Fsp3) is 0.148. The average Bonchev–Trinajstić information content (AvgIpc) is 2.86. The van der Waals surface area contributed by atoms with Gasteiger partial charge in [0, 0.05) is 24.7 Å². The van der Waals surface area contributed by atoms with E-state index >= 15 is 0 Å². The molecule has 3 rings (SSSR count). The van der Waals surface area contributed by atoms with Gasteiger partial charge in [-0.25, -0.2) is 9.59 Å². The van der Waals surface area contributed by atoms with Crippen LogP contribution in [0.4, 0.5) is 4.79 Å². The van der Waals surface area contributed by atoms with Gasteiger partial charge in [-0.3, -0.25) is 10.1 Å². The summed E-state index contributed by atoms with van der Waals surface area (Å²) in [6.45, 7) is 0.781. The molecule has 0 bridgehead atoms. The van der Waals surface area contributed by atoms with Crippen molar-refractivity contribution in [3.63, 3.8) is 0 Å². The fourth-order valence-corrected chi connectivity index (χ4v) is 3.19. The van der Waals surface area contributed by atoms with Gasteiger partial charge in [-0.15, -0.1) is 0 Å². The molecule has 3 aromatic carbocycles. The smallest absolute Gasteiger partial charge is 0.330 e. The Kier molecular flexibility index (Phi) is 8.54. The van der Waals surface area contributed by atoms with Gasteiger partial charge in [-0.05, 0) is 41.3 Å². The minimum atomic E-state index is -0.450. The molecule has 3 aromatic rings. The van der Waals surface area contributed by atoms with Crippen molar-refractivity contribution in [3.8, 4) is 0 Å². The zero-order valence-corrected chi connectivity index (χ0v) is 18.4. The summed E-state index contributed by atoms with van der Waals surface area (Å²) in [6.07, 6.45) is 3.67. The van der Waals surface area contributed by atoms with E-state index < -0.39 is 17.9 Å². The lowest BCUT2D eigenvalue weighted by molar-refractivity contribution is -0.134. The molecular formula is C27H26N2O4. The van der Waals surface area contributed by atoms with Crippen LogP contribution < -0.4 is 5.32 Å². The second-order valence-corrected chi connectivity index (χ2v) is 7.38. The van der Waals surface area contributed by atoms with Gasteiger partial charge in [0.15, 0.2) is 0 Å². The number of benzene rings is 3. The van der Waals surface area contributed by atoms with E-state index in [2.05, 4.69) is 10.1 Å². The number of nitrogens with one attached hydrogen (secondary N) is 1. The molecule has 0 spiro atoms. The van der Waals surface area contributed by atoms with Crippen LogP contribution in [0.5, 0.6) is 0 Å². The molecule has 3 amide bonds. The van der Waals surface area contributed by atoms with Crippen molar-refractivity contribution >= 4 is 24.0 Å². The Labute approximate surface area is 193 Å². The number of carbonyl (C=O) groups is 3. The molecule has 1 N–H and O–H groups in total. The van der Waals surface area contributed by atoms with Crippen molar-refractivity contribution in [3.05, 3.63) is 113 Å². The predicted molar refractivity (Wildman–Crippen MR) is 127 cm³/mol. The monoisotopic (exact) mass is 442 g/mol. The zero-order valence-electron chi connectivity index (χ0n) is 18.4. The Bertz CT molecular complexity index is 1090. The third kappa shape index (κ3) is 7.47. The highest BCUT2D eigenvalue weighted by Gasteiger charge is 2.18. The summed E-state index contributed by atoms with van der Waals surface area (Å²) in [5.74, 6) is -0.862. The van der Waals surface area contributed by atoms with Gasteiger partial charge in [-0.2, -0.15) is 0 Å². The van der Waals surface area contributed by atoms with E-state index in [1.807, 2.05) is 60.7 Å². The number of imide groups is 1. The maximum Gasteiger partial charge on any atom is 0.330 e. The summed E-state index contributed by atoms with van der Waals surface area (Å²) in [6, 6.07) is 25.6. The van der Waals surface area contributed by atoms with Gasteiger partial charge in [0.25, 0.3) is 5.91 Å². The van der Waals surface area contributed by atoms with E-state index in [9.17, 15) is 14.4 Å². The van der Waals surface area contributed by atoms with Crippen LogP contribution in [0.1, 0.15) is 27.0 Å². The van der Waals surface area contributed by atoms with Gasteiger partial charge in [0.1, 0.15) is 0 Å². The number of nitrogens with zero attached hydrogens (tertiary/aromatic N) is 1. The Morgan fingerprint density at radius 1 is 0.848 bits per heavy atom. The minimum absolute atomic E-state index is 0.335. The summed E-state index contributed by atoms with van der Waals surface area (Å²) in [5, 5.41) is 2.49. The van der Waals surface area contributed by atoms with Crippen molar-refractivity contribution in [2.75, 3.05) is 13.7 Å². The van der Waals surface area contributed by atoms with E-state index in [1.54, 1.807) is 35.2 Å². The van der Waals surface area contributed by atoms with Gasteiger partial charge in [0.2, 0.25) is 0 Å². The first-order valence-electron chi connectivity index (χ1n) is 10.6. The molecule has 0 saturated heterocycles. The Balaban J connectivity index is 1.70. The lowest BCUT2D eigenvalue weighted by atomic mass is 10.1. The Hall–Kier alpha value is -4.19. The van der Waals surface area contributed by atoms with E-state index in [4.69, 9.17) is 0 Å². The number of methoxy groups -OCH3 is 1. The summed E-state index contributed by atoms with van der Waals surface area (Å²) >= 11 is 0. The molecular weight excluding hydrogens is 416 g/mol. The van der Waals surface area contributed by atoms with Crippen LogP contribution >= 0.6 is 0 Å². The lowest BCUT2D eigenvalue weighted by Gasteiger charge is -2.23. The molecule has 33 heavy (non-hydrogen) atoms. The van der Waals surface area contributed by atoms with Gasteiger partial charge in [0.05, 0.1) is 7.11 Å². The Morgan fingerprint density at radius 3 is 2.12 bits per heavy atom. The number of amides is 3. The second kappa shape index (κ2) is 12.0. The molecule has 6 heteroatoms. The summed E-state index contributed by atoms with van der Waals surface area (Å²) in [5.41, 5.74) is 3.27. The molecule has 0 aliphatic carbocycles. The number of esters is 1. The van der Waals surface area contributed by atoms with Crippen LogP contribution in [0, 0.1) is 0 Å².